The van der Waals surface area contributed by atoms with Crippen molar-refractivity contribution in [2.45, 2.75) is 20.3 Å². The summed E-state index contributed by atoms with van der Waals surface area (Å²) in [4.78, 5) is 0. The maximum atomic E-state index is 5.64. The van der Waals surface area contributed by atoms with Crippen LogP contribution in [0.3, 0.4) is 0 Å². The van der Waals surface area contributed by atoms with E-state index in [0.717, 1.165) is 11.9 Å². The number of benzene rings is 1. The predicted octanol–water partition coefficient (Wildman–Crippen LogP) is 1.35. The van der Waals surface area contributed by atoms with Crippen molar-refractivity contribution in [3.8, 4) is 0 Å². The zero-order chi connectivity index (χ0) is 7.56. The first-order chi connectivity index (χ1) is 4.74. The van der Waals surface area contributed by atoms with Crippen LogP contribution < -0.4 is 5.46 Å². The zero-order valence-corrected chi connectivity index (χ0v) is 6.52. The van der Waals surface area contributed by atoms with E-state index in [1.165, 1.54) is 11.1 Å². The molecule has 0 amide bonds. The summed E-state index contributed by atoms with van der Waals surface area (Å²) in [5.74, 6) is 0. The van der Waals surface area contributed by atoms with Crippen LogP contribution >= 0.6 is 0 Å². The van der Waals surface area contributed by atoms with Crippen molar-refractivity contribution in [2.75, 3.05) is 0 Å². The van der Waals surface area contributed by atoms with Gasteiger partial charge in [-0.1, -0.05) is 36.1 Å². The quantitative estimate of drug-likeness (QED) is 0.503. The van der Waals surface area contributed by atoms with Crippen LogP contribution in [0.1, 0.15) is 18.1 Å². The highest BCUT2D eigenvalue weighted by Gasteiger charge is 1.91. The Kier molecular flexibility index (Phi) is 2.15. The monoisotopic (exact) mass is 130 g/mol. The minimum Gasteiger partial charge on any atom is -0.0938 e. The van der Waals surface area contributed by atoms with Gasteiger partial charge in [-0.05, 0) is 18.9 Å². The van der Waals surface area contributed by atoms with E-state index in [9.17, 15) is 0 Å². The third kappa shape index (κ3) is 1.41. The van der Waals surface area contributed by atoms with Gasteiger partial charge in [-0.15, -0.1) is 0 Å². The van der Waals surface area contributed by atoms with E-state index in [0.29, 0.717) is 0 Å². The van der Waals surface area contributed by atoms with Crippen LogP contribution in [0.15, 0.2) is 18.2 Å². The SMILES string of the molecule is [B]c1ccc(CC)cc1C. The molecule has 1 aromatic carbocycles. The summed E-state index contributed by atoms with van der Waals surface area (Å²) >= 11 is 0. The van der Waals surface area contributed by atoms with Crippen LogP contribution in [0.2, 0.25) is 0 Å². The molecule has 2 radical (unpaired) electrons. The Bertz CT molecular complexity index is 228. The first-order valence-electron chi connectivity index (χ1n) is 3.59. The average Bonchev–Trinajstić information content (AvgIpc) is 1.95. The molecule has 0 heterocycles. The van der Waals surface area contributed by atoms with Crippen LogP contribution in [-0.4, -0.2) is 7.85 Å². The van der Waals surface area contributed by atoms with Crippen molar-refractivity contribution in [1.82, 2.24) is 0 Å². The summed E-state index contributed by atoms with van der Waals surface area (Å²) in [6.45, 7) is 4.18. The summed E-state index contributed by atoms with van der Waals surface area (Å²) in [6.07, 6.45) is 1.08. The van der Waals surface area contributed by atoms with Gasteiger partial charge in [0.2, 0.25) is 0 Å². The summed E-state index contributed by atoms with van der Waals surface area (Å²) in [5.41, 5.74) is 3.42. The van der Waals surface area contributed by atoms with Crippen molar-refractivity contribution in [1.29, 1.82) is 0 Å². The van der Waals surface area contributed by atoms with Gasteiger partial charge >= 0.3 is 0 Å². The van der Waals surface area contributed by atoms with Gasteiger partial charge in [0.1, 0.15) is 7.85 Å². The van der Waals surface area contributed by atoms with E-state index in [1.807, 2.05) is 13.0 Å². The Morgan fingerprint density at radius 2 is 2.10 bits per heavy atom. The van der Waals surface area contributed by atoms with Crippen LogP contribution in [-0.2, 0) is 6.42 Å². The maximum Gasteiger partial charge on any atom is 0.114 e. The van der Waals surface area contributed by atoms with E-state index in [-0.39, 0.29) is 0 Å². The van der Waals surface area contributed by atoms with Gasteiger partial charge in [-0.2, -0.15) is 0 Å². The number of aryl methyl sites for hydroxylation is 2. The third-order valence-electron chi connectivity index (χ3n) is 1.74. The Hall–Kier alpha value is -0.715. The first kappa shape index (κ1) is 7.39. The van der Waals surface area contributed by atoms with Gasteiger partial charge in [0.05, 0.1) is 0 Å². The molecule has 0 bridgehead atoms. The molecular formula is C9H11B. The molecule has 1 aromatic rings. The molecular weight excluding hydrogens is 119 g/mol. The van der Waals surface area contributed by atoms with Gasteiger partial charge < -0.3 is 0 Å². The molecule has 1 rings (SSSR count). The molecule has 0 unspecified atom stereocenters. The molecule has 0 N–H and O–H groups in total. The third-order valence-corrected chi connectivity index (χ3v) is 1.74. The summed E-state index contributed by atoms with van der Waals surface area (Å²) in [7, 11) is 5.64. The van der Waals surface area contributed by atoms with Crippen molar-refractivity contribution in [3.63, 3.8) is 0 Å². The standard InChI is InChI=1S/C9H11B/c1-3-8-4-5-9(10)7(2)6-8/h4-6H,3H2,1-2H3. The second-order valence-corrected chi connectivity index (χ2v) is 2.54. The molecule has 0 saturated heterocycles. The highest BCUT2D eigenvalue weighted by Crippen LogP contribution is 2.00. The number of hydrogen-bond acceptors (Lipinski definition) is 0. The number of hydrogen-bond donors (Lipinski definition) is 0. The highest BCUT2D eigenvalue weighted by molar-refractivity contribution is 6.33. The van der Waals surface area contributed by atoms with Gasteiger partial charge in [0, 0.05) is 0 Å². The Balaban J connectivity index is 3.04. The van der Waals surface area contributed by atoms with Crippen LogP contribution in [0.5, 0.6) is 0 Å². The second kappa shape index (κ2) is 2.91. The van der Waals surface area contributed by atoms with E-state index in [2.05, 4.69) is 19.1 Å². The molecule has 50 valence electrons. The molecule has 0 aliphatic heterocycles. The molecule has 0 fully saturated rings. The molecule has 0 aliphatic rings. The van der Waals surface area contributed by atoms with E-state index in [1.54, 1.807) is 0 Å². The number of rotatable bonds is 1. The molecule has 0 atom stereocenters. The van der Waals surface area contributed by atoms with Gasteiger partial charge in [-0.25, -0.2) is 0 Å². The Morgan fingerprint density at radius 1 is 1.40 bits per heavy atom. The molecule has 1 heteroatoms. The Morgan fingerprint density at radius 3 is 2.60 bits per heavy atom. The second-order valence-electron chi connectivity index (χ2n) is 2.54. The summed E-state index contributed by atoms with van der Waals surface area (Å²) in [5, 5.41) is 0. The molecule has 0 nitrogen and oxygen atoms in total. The van der Waals surface area contributed by atoms with E-state index < -0.39 is 0 Å². The fourth-order valence-corrected chi connectivity index (χ4v) is 0.958. The molecule has 0 aromatic heterocycles. The van der Waals surface area contributed by atoms with Crippen LogP contribution in [0, 0.1) is 6.92 Å². The maximum absolute atomic E-state index is 5.64. The van der Waals surface area contributed by atoms with Crippen molar-refractivity contribution >= 4 is 13.3 Å². The predicted molar refractivity (Wildman–Crippen MR) is 45.9 cm³/mol. The molecule has 0 aliphatic carbocycles. The van der Waals surface area contributed by atoms with Crippen LogP contribution in [0.25, 0.3) is 0 Å². The lowest BCUT2D eigenvalue weighted by Gasteiger charge is -2.01. The minimum atomic E-state index is 0.886. The average molecular weight is 130 g/mol. The zero-order valence-electron chi connectivity index (χ0n) is 6.52. The van der Waals surface area contributed by atoms with E-state index in [4.69, 9.17) is 7.85 Å². The smallest absolute Gasteiger partial charge is 0.0938 e. The lowest BCUT2D eigenvalue weighted by molar-refractivity contribution is 1.13. The van der Waals surface area contributed by atoms with Crippen molar-refractivity contribution < 1.29 is 0 Å². The molecule has 0 saturated carbocycles. The molecule has 10 heavy (non-hydrogen) atoms. The van der Waals surface area contributed by atoms with Crippen LogP contribution in [0.4, 0.5) is 0 Å². The van der Waals surface area contributed by atoms with E-state index >= 15 is 0 Å². The normalized spacial score (nSPS) is 9.80. The lowest BCUT2D eigenvalue weighted by atomic mass is 9.90. The minimum absolute atomic E-state index is 0.886. The fraction of sp³-hybridized carbons (Fsp3) is 0.333. The van der Waals surface area contributed by atoms with Crippen molar-refractivity contribution in [3.05, 3.63) is 29.3 Å². The topological polar surface area (TPSA) is 0 Å². The van der Waals surface area contributed by atoms with Gasteiger partial charge in [-0.3, -0.25) is 0 Å². The largest absolute Gasteiger partial charge is 0.114 e. The van der Waals surface area contributed by atoms with Gasteiger partial charge in [0.25, 0.3) is 0 Å². The molecule has 0 spiro atoms. The lowest BCUT2D eigenvalue weighted by Crippen LogP contribution is -2.06. The summed E-state index contributed by atoms with van der Waals surface area (Å²) in [6, 6.07) is 6.17. The highest BCUT2D eigenvalue weighted by atomic mass is 13.9. The Labute approximate surface area is 63.7 Å². The fourth-order valence-electron chi connectivity index (χ4n) is 0.958. The summed E-state index contributed by atoms with van der Waals surface area (Å²) < 4.78 is 0. The first-order valence-corrected chi connectivity index (χ1v) is 3.59. The van der Waals surface area contributed by atoms with Crippen molar-refractivity contribution in [2.24, 2.45) is 0 Å². The van der Waals surface area contributed by atoms with Gasteiger partial charge in [0.15, 0.2) is 0 Å².